The van der Waals surface area contributed by atoms with E-state index in [4.69, 9.17) is 0 Å². The average Bonchev–Trinajstić information content (AvgIpc) is 3.59. The summed E-state index contributed by atoms with van der Waals surface area (Å²) in [5.41, 5.74) is 8.00. The van der Waals surface area contributed by atoms with Crippen molar-refractivity contribution < 1.29 is 0 Å². The Bertz CT molecular complexity index is 2890. The van der Waals surface area contributed by atoms with Crippen molar-refractivity contribution in [1.29, 1.82) is 0 Å². The van der Waals surface area contributed by atoms with Gasteiger partial charge in [0.25, 0.3) is 0 Å². The molecule has 55 heavy (non-hydrogen) atoms. The monoisotopic (exact) mass is 728 g/mol. The Morgan fingerprint density at radius 1 is 0.345 bits per heavy atom. The first-order valence-corrected chi connectivity index (χ1v) is 21.7. The molecule has 0 amide bonds. The number of rotatable bonds is 5. The minimum atomic E-state index is -0.611. The second-order valence-electron chi connectivity index (χ2n) is 15.8. The molecule has 2 aliphatic rings. The molecule has 2 aliphatic heterocycles. The zero-order valence-corrected chi connectivity index (χ0v) is 32.2. The fourth-order valence-electron chi connectivity index (χ4n) is 9.85. The van der Waals surface area contributed by atoms with E-state index in [2.05, 4.69) is 161 Å². The third-order valence-corrected chi connectivity index (χ3v) is 15.1. The van der Waals surface area contributed by atoms with Crippen molar-refractivity contribution in [3.05, 3.63) is 152 Å². The van der Waals surface area contributed by atoms with Gasteiger partial charge in [0, 0.05) is 47.8 Å². The van der Waals surface area contributed by atoms with Gasteiger partial charge in [0.2, 0.25) is 0 Å². The molecule has 1 atom stereocenters. The molecule has 268 valence electrons. The van der Waals surface area contributed by atoms with Crippen LogP contribution in [0.25, 0.3) is 80.9 Å². The number of anilines is 2. The van der Waals surface area contributed by atoms with Crippen LogP contribution in [0.4, 0.5) is 11.4 Å². The Hall–Kier alpha value is -5.56. The van der Waals surface area contributed by atoms with Crippen molar-refractivity contribution in [3.63, 3.8) is 0 Å². The molecule has 0 saturated carbocycles. The average molecular weight is 729 g/mol. The Labute approximate surface area is 324 Å². The topological polar surface area (TPSA) is 6.48 Å². The summed E-state index contributed by atoms with van der Waals surface area (Å²) in [5.74, 6) is 0. The molecule has 0 bridgehead atoms. The summed E-state index contributed by atoms with van der Waals surface area (Å²) in [6.07, 6.45) is 7.71. The number of hydrogen-bond acceptors (Lipinski definition) is 2. The van der Waals surface area contributed by atoms with Gasteiger partial charge >= 0.3 is 0 Å². The maximum absolute atomic E-state index is 2.62. The molecule has 8 aromatic carbocycles. The quantitative estimate of drug-likeness (QED) is 0.163. The van der Waals surface area contributed by atoms with E-state index in [-0.39, 0.29) is 0 Å². The Morgan fingerprint density at radius 2 is 0.891 bits per heavy atom. The Morgan fingerprint density at radius 3 is 1.56 bits per heavy atom. The minimum absolute atomic E-state index is 0.611. The summed E-state index contributed by atoms with van der Waals surface area (Å²) in [6.45, 7) is 4.52. The molecule has 0 N–H and O–H groups in total. The van der Waals surface area contributed by atoms with Gasteiger partial charge in [0.05, 0.1) is 0 Å². The smallest absolute Gasteiger partial charge is 0.0372 e. The van der Waals surface area contributed by atoms with Gasteiger partial charge in [-0.05, 0) is 152 Å². The SMILES string of the molecule is c1ccc(-p2c3ccccc3c3cc(-c4c5ccc(N6CCCCC6)cc5c(-c5ccc6ccccc6c5)c5ccc(N6CCCCC6)cc45)ccc32)cc1. The highest BCUT2D eigenvalue weighted by Crippen LogP contribution is 2.56. The molecule has 9 aromatic rings. The highest BCUT2D eigenvalue weighted by Gasteiger charge is 2.23. The van der Waals surface area contributed by atoms with E-state index in [0.29, 0.717) is 0 Å². The van der Waals surface area contributed by atoms with Crippen LogP contribution in [0, 0.1) is 0 Å². The second-order valence-corrected chi connectivity index (χ2v) is 17.9. The van der Waals surface area contributed by atoms with Gasteiger partial charge < -0.3 is 9.80 Å². The first kappa shape index (κ1) is 32.8. The third-order valence-electron chi connectivity index (χ3n) is 12.5. The van der Waals surface area contributed by atoms with Crippen LogP contribution in [0.1, 0.15) is 38.5 Å². The van der Waals surface area contributed by atoms with Crippen molar-refractivity contribution in [2.24, 2.45) is 0 Å². The van der Waals surface area contributed by atoms with Crippen LogP contribution in [-0.4, -0.2) is 26.2 Å². The fourth-order valence-corrected chi connectivity index (χ4v) is 12.5. The third kappa shape index (κ3) is 5.61. The molecule has 0 spiro atoms. The lowest BCUT2D eigenvalue weighted by Crippen LogP contribution is -2.29. The zero-order chi connectivity index (χ0) is 36.3. The van der Waals surface area contributed by atoms with Crippen molar-refractivity contribution >= 4 is 72.2 Å². The van der Waals surface area contributed by atoms with Crippen molar-refractivity contribution in [2.45, 2.75) is 38.5 Å². The lowest BCUT2D eigenvalue weighted by molar-refractivity contribution is 0.578. The maximum Gasteiger partial charge on any atom is 0.0372 e. The van der Waals surface area contributed by atoms with E-state index in [1.807, 2.05) is 0 Å². The molecule has 0 radical (unpaired) electrons. The summed E-state index contributed by atoms with van der Waals surface area (Å²) in [4.78, 5) is 5.24. The summed E-state index contributed by atoms with van der Waals surface area (Å²) in [7, 11) is -0.611. The van der Waals surface area contributed by atoms with E-state index >= 15 is 0 Å². The molecule has 2 fully saturated rings. The van der Waals surface area contributed by atoms with E-state index in [9.17, 15) is 0 Å². The zero-order valence-electron chi connectivity index (χ0n) is 31.3. The minimum Gasteiger partial charge on any atom is -0.372 e. The summed E-state index contributed by atoms with van der Waals surface area (Å²) in [5, 5.41) is 15.1. The molecular formula is C52H45N2P. The van der Waals surface area contributed by atoms with Gasteiger partial charge in [-0.3, -0.25) is 0 Å². The number of piperidine rings is 2. The molecule has 1 aromatic heterocycles. The van der Waals surface area contributed by atoms with Gasteiger partial charge in [-0.1, -0.05) is 117 Å². The summed E-state index contributed by atoms with van der Waals surface area (Å²) >= 11 is 0. The number of nitrogens with zero attached hydrogens (tertiary/aromatic N) is 2. The van der Waals surface area contributed by atoms with E-state index < -0.39 is 7.53 Å². The van der Waals surface area contributed by atoms with Crippen LogP contribution in [0.5, 0.6) is 0 Å². The standard InChI is InChI=1S/C52H45N2P/c1-4-16-42(17-5-1)55-49-19-9-8-18-43(49)46-33-39(22-27-50(46)55)52-45-26-24-40(53-28-10-2-11-29-53)34-47(45)51(38-21-20-36-14-6-7-15-37(36)32-38)44-25-23-41(35-48(44)52)54-30-12-3-13-31-54/h1,4-9,14-27,32-35H,2-3,10-13,28-31H2. The lowest BCUT2D eigenvalue weighted by Gasteiger charge is -2.30. The molecule has 1 unspecified atom stereocenters. The molecule has 3 heteroatoms. The van der Waals surface area contributed by atoms with Gasteiger partial charge in [-0.2, -0.15) is 0 Å². The molecule has 0 aliphatic carbocycles. The van der Waals surface area contributed by atoms with Gasteiger partial charge in [-0.15, -0.1) is 0 Å². The highest BCUT2D eigenvalue weighted by molar-refractivity contribution is 7.67. The van der Waals surface area contributed by atoms with E-state index in [1.165, 1.54) is 131 Å². The van der Waals surface area contributed by atoms with Crippen LogP contribution in [0.15, 0.2) is 152 Å². The normalized spacial score (nSPS) is 15.5. The van der Waals surface area contributed by atoms with Gasteiger partial charge in [0.1, 0.15) is 0 Å². The number of benzene rings is 8. The number of fused-ring (bicyclic) bond motifs is 6. The lowest BCUT2D eigenvalue weighted by atomic mass is 9.84. The molecule has 11 rings (SSSR count). The van der Waals surface area contributed by atoms with Gasteiger partial charge in [-0.25, -0.2) is 0 Å². The predicted molar refractivity (Wildman–Crippen MR) is 241 cm³/mol. The molecule has 3 heterocycles. The van der Waals surface area contributed by atoms with E-state index in [1.54, 1.807) is 0 Å². The molecule has 2 saturated heterocycles. The summed E-state index contributed by atoms with van der Waals surface area (Å²) < 4.78 is 0. The Kier molecular flexibility index (Phi) is 8.14. The first-order chi connectivity index (χ1) is 27.3. The van der Waals surface area contributed by atoms with E-state index in [0.717, 1.165) is 26.2 Å². The molecule has 2 nitrogen and oxygen atoms in total. The first-order valence-electron chi connectivity index (χ1n) is 20.4. The van der Waals surface area contributed by atoms with Crippen LogP contribution >= 0.6 is 7.53 Å². The van der Waals surface area contributed by atoms with Crippen LogP contribution in [0.2, 0.25) is 0 Å². The van der Waals surface area contributed by atoms with Crippen molar-refractivity contribution in [2.75, 3.05) is 36.0 Å². The van der Waals surface area contributed by atoms with Crippen LogP contribution < -0.4 is 9.80 Å². The second kappa shape index (κ2) is 13.6. The van der Waals surface area contributed by atoms with Crippen LogP contribution in [-0.2, 0) is 0 Å². The largest absolute Gasteiger partial charge is 0.372 e. The predicted octanol–water partition coefficient (Wildman–Crippen LogP) is 14.7. The van der Waals surface area contributed by atoms with Crippen molar-refractivity contribution in [1.82, 2.24) is 0 Å². The van der Waals surface area contributed by atoms with Gasteiger partial charge in [0.15, 0.2) is 0 Å². The number of hydrogen-bond donors (Lipinski definition) is 0. The highest BCUT2D eigenvalue weighted by atomic mass is 31.1. The maximum atomic E-state index is 2.62. The molecular weight excluding hydrogens is 684 g/mol. The van der Waals surface area contributed by atoms with Crippen molar-refractivity contribution in [3.8, 4) is 27.6 Å². The summed E-state index contributed by atoms with van der Waals surface area (Å²) in [6, 6.07) is 58.5. The van der Waals surface area contributed by atoms with Crippen LogP contribution in [0.3, 0.4) is 0 Å². The Balaban J connectivity index is 1.23. The fraction of sp³-hybridized carbons (Fsp3) is 0.192.